The summed E-state index contributed by atoms with van der Waals surface area (Å²) in [6.45, 7) is 0. The first-order valence-corrected chi connectivity index (χ1v) is 7.91. The smallest absolute Gasteiger partial charge is 0.313 e. The van der Waals surface area contributed by atoms with Crippen molar-refractivity contribution in [1.82, 2.24) is 0 Å². The number of aliphatic hydroxyl groups is 1. The third-order valence-corrected chi connectivity index (χ3v) is 5.31. The minimum atomic E-state index is -1.10. The third-order valence-electron chi connectivity index (χ3n) is 4.33. The van der Waals surface area contributed by atoms with Gasteiger partial charge in [0.05, 0.1) is 5.60 Å². The van der Waals surface area contributed by atoms with E-state index >= 15 is 0 Å². The molecule has 0 spiro atoms. The molecule has 0 aliphatic heterocycles. The van der Waals surface area contributed by atoms with Crippen molar-refractivity contribution in [3.8, 4) is 0 Å². The number of hydrogen-bond donors (Lipinski definition) is 2. The van der Waals surface area contributed by atoms with Crippen molar-refractivity contribution in [3.63, 3.8) is 0 Å². The number of fused-ring (bicyclic) bond motifs is 1. The fraction of sp³-hybridized carbons (Fsp3) is 0.438. The highest BCUT2D eigenvalue weighted by Crippen LogP contribution is 2.43. The molecule has 106 valence electrons. The average Bonchev–Trinajstić information content (AvgIpc) is 2.83. The van der Waals surface area contributed by atoms with Crippen LogP contribution in [0, 0.1) is 0 Å². The van der Waals surface area contributed by atoms with Gasteiger partial charge in [-0.05, 0) is 35.2 Å². The van der Waals surface area contributed by atoms with Gasteiger partial charge < -0.3 is 10.2 Å². The quantitative estimate of drug-likeness (QED) is 0.904. The number of hydrogen-bond acceptors (Lipinski definition) is 3. The summed E-state index contributed by atoms with van der Waals surface area (Å²) in [6, 6.07) is 7.81. The molecule has 1 saturated carbocycles. The van der Waals surface area contributed by atoms with E-state index in [4.69, 9.17) is 0 Å². The molecule has 1 unspecified atom stereocenters. The number of thiophene rings is 1. The molecule has 1 heterocycles. The Morgan fingerprint density at radius 3 is 2.60 bits per heavy atom. The molecular weight excluding hydrogens is 272 g/mol. The number of aliphatic carboxylic acids is 1. The highest BCUT2D eigenvalue weighted by Gasteiger charge is 2.44. The van der Waals surface area contributed by atoms with Crippen molar-refractivity contribution in [2.24, 2.45) is 0 Å². The van der Waals surface area contributed by atoms with E-state index < -0.39 is 17.5 Å². The van der Waals surface area contributed by atoms with Crippen LogP contribution in [0.25, 0.3) is 10.1 Å². The van der Waals surface area contributed by atoms with Gasteiger partial charge >= 0.3 is 5.97 Å². The van der Waals surface area contributed by atoms with E-state index in [9.17, 15) is 15.0 Å². The maximum atomic E-state index is 11.8. The molecular formula is C16H18O3S. The van der Waals surface area contributed by atoms with E-state index in [-0.39, 0.29) is 0 Å². The lowest BCUT2D eigenvalue weighted by atomic mass is 9.73. The van der Waals surface area contributed by atoms with E-state index in [0.717, 1.165) is 34.9 Å². The normalized spacial score (nSPS) is 19.9. The van der Waals surface area contributed by atoms with Crippen LogP contribution in [-0.4, -0.2) is 21.8 Å². The number of rotatable bonds is 3. The summed E-state index contributed by atoms with van der Waals surface area (Å²) in [4.78, 5) is 11.8. The molecule has 0 bridgehead atoms. The first-order valence-electron chi connectivity index (χ1n) is 7.03. The Morgan fingerprint density at radius 2 is 1.90 bits per heavy atom. The Hall–Kier alpha value is -1.39. The van der Waals surface area contributed by atoms with Gasteiger partial charge in [0.15, 0.2) is 0 Å². The van der Waals surface area contributed by atoms with Crippen LogP contribution in [0.3, 0.4) is 0 Å². The second-order valence-corrected chi connectivity index (χ2v) is 6.53. The van der Waals surface area contributed by atoms with E-state index in [1.54, 1.807) is 11.3 Å². The molecule has 1 fully saturated rings. The van der Waals surface area contributed by atoms with Gasteiger partial charge in [-0.1, -0.05) is 37.5 Å². The Balaban J connectivity index is 2.09. The van der Waals surface area contributed by atoms with Crippen LogP contribution < -0.4 is 0 Å². The van der Waals surface area contributed by atoms with E-state index in [2.05, 4.69) is 0 Å². The molecule has 20 heavy (non-hydrogen) atoms. The van der Waals surface area contributed by atoms with Gasteiger partial charge in [0.1, 0.15) is 5.92 Å². The first kappa shape index (κ1) is 13.6. The lowest BCUT2D eigenvalue weighted by Gasteiger charge is -2.37. The Morgan fingerprint density at radius 1 is 1.20 bits per heavy atom. The van der Waals surface area contributed by atoms with Gasteiger partial charge in [-0.3, -0.25) is 4.79 Å². The lowest BCUT2D eigenvalue weighted by molar-refractivity contribution is -0.147. The Bertz CT molecular complexity index is 625. The van der Waals surface area contributed by atoms with Crippen LogP contribution in [0.4, 0.5) is 0 Å². The van der Waals surface area contributed by atoms with Gasteiger partial charge in [0, 0.05) is 4.70 Å². The van der Waals surface area contributed by atoms with Crippen molar-refractivity contribution in [2.45, 2.75) is 43.6 Å². The van der Waals surface area contributed by atoms with E-state index in [1.165, 1.54) is 0 Å². The Kier molecular flexibility index (Phi) is 3.52. The summed E-state index contributed by atoms with van der Waals surface area (Å²) in [7, 11) is 0. The molecule has 0 amide bonds. The number of carbonyl (C=O) groups is 1. The number of carboxylic acid groups (broad SMARTS) is 1. The molecule has 3 nitrogen and oxygen atoms in total. The predicted octanol–water partition coefficient (Wildman–Crippen LogP) is 3.76. The molecule has 1 aromatic heterocycles. The summed E-state index contributed by atoms with van der Waals surface area (Å²) in [5.74, 6) is -1.74. The maximum Gasteiger partial charge on any atom is 0.313 e. The lowest BCUT2D eigenvalue weighted by Crippen LogP contribution is -2.42. The van der Waals surface area contributed by atoms with Crippen molar-refractivity contribution < 1.29 is 15.0 Å². The molecule has 3 rings (SSSR count). The maximum absolute atomic E-state index is 11.8. The van der Waals surface area contributed by atoms with Crippen molar-refractivity contribution in [3.05, 3.63) is 35.2 Å². The minimum Gasteiger partial charge on any atom is -0.481 e. The average molecular weight is 290 g/mol. The molecule has 1 atom stereocenters. The largest absolute Gasteiger partial charge is 0.481 e. The van der Waals surface area contributed by atoms with Crippen molar-refractivity contribution >= 4 is 27.4 Å². The number of carboxylic acids is 1. The zero-order valence-electron chi connectivity index (χ0n) is 11.2. The fourth-order valence-electron chi connectivity index (χ4n) is 3.33. The van der Waals surface area contributed by atoms with Crippen LogP contribution >= 0.6 is 11.3 Å². The van der Waals surface area contributed by atoms with Gasteiger partial charge in [0.2, 0.25) is 0 Å². The minimum absolute atomic E-state index is 0.578. The molecule has 1 aliphatic carbocycles. The summed E-state index contributed by atoms with van der Waals surface area (Å²) in [5.41, 5.74) is -0.337. The molecule has 0 saturated heterocycles. The van der Waals surface area contributed by atoms with Crippen LogP contribution in [0.2, 0.25) is 0 Å². The standard InChI is InChI=1S/C16H18O3S/c17-15(18)14(16(19)8-4-1-5-9-16)12-10-20-13-7-3-2-6-11(12)13/h2-3,6-7,10,14,19H,1,4-5,8-9H2,(H,17,18). The van der Waals surface area contributed by atoms with Crippen molar-refractivity contribution in [2.75, 3.05) is 0 Å². The SMILES string of the molecule is O=C(O)C(c1csc2ccccc12)C1(O)CCCCC1. The summed E-state index contributed by atoms with van der Waals surface area (Å²) >= 11 is 1.55. The highest BCUT2D eigenvalue weighted by molar-refractivity contribution is 7.17. The molecule has 1 aromatic carbocycles. The van der Waals surface area contributed by atoms with Gasteiger partial charge in [-0.15, -0.1) is 11.3 Å². The van der Waals surface area contributed by atoms with Gasteiger partial charge in [0.25, 0.3) is 0 Å². The van der Waals surface area contributed by atoms with Crippen LogP contribution in [-0.2, 0) is 4.79 Å². The zero-order valence-corrected chi connectivity index (χ0v) is 12.0. The first-order chi connectivity index (χ1) is 9.62. The van der Waals surface area contributed by atoms with Crippen LogP contribution in [0.5, 0.6) is 0 Å². The molecule has 4 heteroatoms. The Labute approximate surface area is 121 Å². The third kappa shape index (κ3) is 2.23. The second kappa shape index (κ2) is 5.19. The number of benzene rings is 1. The summed E-state index contributed by atoms with van der Waals surface area (Å²) < 4.78 is 1.08. The predicted molar refractivity (Wildman–Crippen MR) is 80.2 cm³/mol. The molecule has 2 aromatic rings. The molecule has 2 N–H and O–H groups in total. The highest BCUT2D eigenvalue weighted by atomic mass is 32.1. The van der Waals surface area contributed by atoms with Crippen LogP contribution in [0.1, 0.15) is 43.6 Å². The fourth-order valence-corrected chi connectivity index (χ4v) is 4.31. The summed E-state index contributed by atoms with van der Waals surface area (Å²) in [6.07, 6.45) is 4.05. The van der Waals surface area contributed by atoms with Crippen LogP contribution in [0.15, 0.2) is 29.6 Å². The second-order valence-electron chi connectivity index (χ2n) is 5.62. The monoisotopic (exact) mass is 290 g/mol. The topological polar surface area (TPSA) is 57.5 Å². The summed E-state index contributed by atoms with van der Waals surface area (Å²) in [5, 5.41) is 23.4. The molecule has 1 aliphatic rings. The zero-order chi connectivity index (χ0) is 14.2. The van der Waals surface area contributed by atoms with E-state index in [0.29, 0.717) is 12.8 Å². The molecule has 0 radical (unpaired) electrons. The van der Waals surface area contributed by atoms with Crippen molar-refractivity contribution in [1.29, 1.82) is 0 Å². The van der Waals surface area contributed by atoms with Gasteiger partial charge in [-0.25, -0.2) is 0 Å². The van der Waals surface area contributed by atoms with Gasteiger partial charge in [-0.2, -0.15) is 0 Å². The van der Waals surface area contributed by atoms with E-state index in [1.807, 2.05) is 29.6 Å².